The Labute approximate surface area is 215 Å². The van der Waals surface area contributed by atoms with Crippen LogP contribution >= 0.6 is 0 Å². The van der Waals surface area contributed by atoms with Crippen molar-refractivity contribution in [1.82, 2.24) is 5.43 Å². The molecule has 0 spiro atoms. The summed E-state index contributed by atoms with van der Waals surface area (Å²) in [6, 6.07) is 28.4. The quantitative estimate of drug-likeness (QED) is 0.142. The lowest BCUT2D eigenvalue weighted by atomic mass is 10.2. The molecule has 0 heterocycles. The standard InChI is InChI=1S/C30H26N2O5/c1-21-6-8-22(9-7-21)20-36-27-16-10-24(11-17-27)29(33)32-31-19-23-4-3-5-28(18-23)37-30(34)25-12-14-26(35-2)15-13-25/h3-19H,20H2,1-2H3,(H,32,33)/b31-19+. The maximum atomic E-state index is 12.4. The Morgan fingerprint density at radius 1 is 0.811 bits per heavy atom. The Bertz CT molecular complexity index is 1380. The van der Waals surface area contributed by atoms with Gasteiger partial charge in [-0.15, -0.1) is 0 Å². The molecule has 0 unspecified atom stereocenters. The summed E-state index contributed by atoms with van der Waals surface area (Å²) in [7, 11) is 1.56. The first-order valence-corrected chi connectivity index (χ1v) is 11.6. The summed E-state index contributed by atoms with van der Waals surface area (Å²) in [6.07, 6.45) is 1.47. The Balaban J connectivity index is 1.28. The van der Waals surface area contributed by atoms with Crippen molar-refractivity contribution in [2.24, 2.45) is 5.10 Å². The summed E-state index contributed by atoms with van der Waals surface area (Å²) in [5.74, 6) is 0.831. The molecule has 0 fully saturated rings. The number of ether oxygens (including phenoxy) is 3. The highest BCUT2D eigenvalue weighted by Crippen LogP contribution is 2.17. The van der Waals surface area contributed by atoms with Crippen molar-refractivity contribution in [3.8, 4) is 17.2 Å². The molecule has 1 N–H and O–H groups in total. The van der Waals surface area contributed by atoms with Gasteiger partial charge in [0.25, 0.3) is 5.91 Å². The van der Waals surface area contributed by atoms with Gasteiger partial charge in [-0.05, 0) is 78.7 Å². The van der Waals surface area contributed by atoms with Crippen LogP contribution in [-0.2, 0) is 6.61 Å². The van der Waals surface area contributed by atoms with Gasteiger partial charge in [0.15, 0.2) is 0 Å². The minimum absolute atomic E-state index is 0.358. The Morgan fingerprint density at radius 3 is 2.19 bits per heavy atom. The minimum Gasteiger partial charge on any atom is -0.497 e. The Hall–Kier alpha value is -4.91. The molecule has 7 heteroatoms. The summed E-state index contributed by atoms with van der Waals surface area (Å²) in [5, 5.41) is 4.01. The maximum absolute atomic E-state index is 12.4. The van der Waals surface area contributed by atoms with Crippen LogP contribution in [0.2, 0.25) is 0 Å². The van der Waals surface area contributed by atoms with Crippen molar-refractivity contribution in [2.75, 3.05) is 7.11 Å². The van der Waals surface area contributed by atoms with Crippen molar-refractivity contribution in [3.63, 3.8) is 0 Å². The van der Waals surface area contributed by atoms with Crippen LogP contribution in [0, 0.1) is 6.92 Å². The van der Waals surface area contributed by atoms with E-state index in [4.69, 9.17) is 14.2 Å². The number of hydrazone groups is 1. The average molecular weight is 495 g/mol. The topological polar surface area (TPSA) is 86.2 Å². The van der Waals surface area contributed by atoms with Crippen molar-refractivity contribution in [3.05, 3.63) is 125 Å². The van der Waals surface area contributed by atoms with Gasteiger partial charge < -0.3 is 14.2 Å². The molecule has 0 radical (unpaired) electrons. The van der Waals surface area contributed by atoms with Gasteiger partial charge in [-0.2, -0.15) is 5.10 Å². The van der Waals surface area contributed by atoms with E-state index in [0.717, 1.165) is 5.56 Å². The monoisotopic (exact) mass is 494 g/mol. The second-order valence-corrected chi connectivity index (χ2v) is 8.19. The summed E-state index contributed by atoms with van der Waals surface area (Å²) < 4.78 is 16.3. The number of amides is 1. The predicted molar refractivity (Wildman–Crippen MR) is 141 cm³/mol. The molecule has 7 nitrogen and oxygen atoms in total. The third-order valence-electron chi connectivity index (χ3n) is 5.42. The zero-order chi connectivity index (χ0) is 26.0. The number of aryl methyl sites for hydroxylation is 1. The first-order chi connectivity index (χ1) is 18.0. The van der Waals surface area contributed by atoms with Crippen LogP contribution in [0.3, 0.4) is 0 Å². The molecule has 0 bridgehead atoms. The largest absolute Gasteiger partial charge is 0.497 e. The number of nitrogens with one attached hydrogen (secondary N) is 1. The lowest BCUT2D eigenvalue weighted by Crippen LogP contribution is -2.17. The number of hydrogen-bond donors (Lipinski definition) is 1. The predicted octanol–water partition coefficient (Wildman–Crippen LogP) is 5.57. The van der Waals surface area contributed by atoms with Gasteiger partial charge in [-0.25, -0.2) is 10.2 Å². The van der Waals surface area contributed by atoms with E-state index < -0.39 is 5.97 Å². The van der Waals surface area contributed by atoms with Crippen LogP contribution in [0.4, 0.5) is 0 Å². The van der Waals surface area contributed by atoms with E-state index in [2.05, 4.69) is 10.5 Å². The van der Waals surface area contributed by atoms with Crippen LogP contribution in [0.25, 0.3) is 0 Å². The molecule has 0 aliphatic rings. The van der Waals surface area contributed by atoms with Crippen molar-refractivity contribution < 1.29 is 23.8 Å². The molecule has 0 aliphatic heterocycles. The summed E-state index contributed by atoms with van der Waals surface area (Å²) in [4.78, 5) is 24.8. The number of carbonyl (C=O) groups is 2. The second-order valence-electron chi connectivity index (χ2n) is 8.19. The van der Waals surface area contributed by atoms with Crippen LogP contribution in [0.15, 0.2) is 102 Å². The Morgan fingerprint density at radius 2 is 1.49 bits per heavy atom. The number of benzene rings is 4. The lowest BCUT2D eigenvalue weighted by molar-refractivity contribution is 0.0734. The van der Waals surface area contributed by atoms with E-state index in [0.29, 0.717) is 40.5 Å². The maximum Gasteiger partial charge on any atom is 0.343 e. The number of methoxy groups -OCH3 is 1. The molecular formula is C30H26N2O5. The molecule has 4 aromatic rings. The Kier molecular flexibility index (Phi) is 8.29. The lowest BCUT2D eigenvalue weighted by Gasteiger charge is -2.07. The van der Waals surface area contributed by atoms with E-state index in [1.807, 2.05) is 31.2 Å². The first-order valence-electron chi connectivity index (χ1n) is 11.6. The van der Waals surface area contributed by atoms with Gasteiger partial charge in [0.05, 0.1) is 18.9 Å². The third-order valence-corrected chi connectivity index (χ3v) is 5.42. The second kappa shape index (κ2) is 12.2. The van der Waals surface area contributed by atoms with E-state index in [-0.39, 0.29) is 5.91 Å². The van der Waals surface area contributed by atoms with Crippen LogP contribution in [0.5, 0.6) is 17.2 Å². The van der Waals surface area contributed by atoms with E-state index in [9.17, 15) is 9.59 Å². The van der Waals surface area contributed by atoms with Crippen LogP contribution in [-0.4, -0.2) is 25.2 Å². The number of nitrogens with zero attached hydrogens (tertiary/aromatic N) is 1. The fraction of sp³-hybridized carbons (Fsp3) is 0.100. The van der Waals surface area contributed by atoms with E-state index in [1.54, 1.807) is 79.9 Å². The fourth-order valence-electron chi connectivity index (χ4n) is 3.33. The average Bonchev–Trinajstić information content (AvgIpc) is 2.93. The SMILES string of the molecule is COc1ccc(C(=O)Oc2cccc(/C=N/NC(=O)c3ccc(OCc4ccc(C)cc4)cc3)c2)cc1. The van der Waals surface area contributed by atoms with Gasteiger partial charge in [-0.1, -0.05) is 42.0 Å². The summed E-state index contributed by atoms with van der Waals surface area (Å²) in [6.45, 7) is 2.49. The highest BCUT2D eigenvalue weighted by atomic mass is 16.5. The third kappa shape index (κ3) is 7.29. The number of carbonyl (C=O) groups excluding carboxylic acids is 2. The summed E-state index contributed by atoms with van der Waals surface area (Å²) in [5.41, 5.74) is 6.27. The smallest absolute Gasteiger partial charge is 0.343 e. The molecule has 1 amide bonds. The molecule has 4 rings (SSSR count). The van der Waals surface area contributed by atoms with Crippen molar-refractivity contribution in [1.29, 1.82) is 0 Å². The molecule has 0 aliphatic carbocycles. The molecule has 0 saturated carbocycles. The van der Waals surface area contributed by atoms with E-state index in [1.165, 1.54) is 11.8 Å². The molecule has 37 heavy (non-hydrogen) atoms. The number of hydrogen-bond acceptors (Lipinski definition) is 6. The van der Waals surface area contributed by atoms with Crippen molar-refractivity contribution in [2.45, 2.75) is 13.5 Å². The fourth-order valence-corrected chi connectivity index (χ4v) is 3.33. The minimum atomic E-state index is -0.490. The van der Waals surface area contributed by atoms with Crippen molar-refractivity contribution >= 4 is 18.1 Å². The van der Waals surface area contributed by atoms with Crippen LogP contribution < -0.4 is 19.6 Å². The van der Waals surface area contributed by atoms with Gasteiger partial charge in [-0.3, -0.25) is 4.79 Å². The van der Waals surface area contributed by atoms with Gasteiger partial charge in [0.2, 0.25) is 0 Å². The van der Waals surface area contributed by atoms with E-state index >= 15 is 0 Å². The molecule has 0 aromatic heterocycles. The zero-order valence-electron chi connectivity index (χ0n) is 20.5. The van der Waals surface area contributed by atoms with Gasteiger partial charge >= 0.3 is 5.97 Å². The summed E-state index contributed by atoms with van der Waals surface area (Å²) >= 11 is 0. The number of rotatable bonds is 9. The normalized spacial score (nSPS) is 10.6. The zero-order valence-corrected chi connectivity index (χ0v) is 20.5. The molecule has 186 valence electrons. The van der Waals surface area contributed by atoms with Crippen LogP contribution in [0.1, 0.15) is 37.4 Å². The first kappa shape index (κ1) is 25.2. The molecule has 0 saturated heterocycles. The molecule has 0 atom stereocenters. The molecular weight excluding hydrogens is 468 g/mol. The highest BCUT2D eigenvalue weighted by Gasteiger charge is 2.09. The van der Waals surface area contributed by atoms with Gasteiger partial charge in [0.1, 0.15) is 23.9 Å². The molecule has 4 aromatic carbocycles. The highest BCUT2D eigenvalue weighted by molar-refractivity contribution is 5.95. The van der Waals surface area contributed by atoms with Gasteiger partial charge in [0, 0.05) is 5.56 Å². The number of esters is 1.